The molecule has 206 valence electrons. The van der Waals surface area contributed by atoms with Crippen molar-refractivity contribution in [3.05, 3.63) is 59.7 Å². The van der Waals surface area contributed by atoms with Gasteiger partial charge in [0.25, 0.3) is 0 Å². The number of para-hydroxylation sites is 1. The van der Waals surface area contributed by atoms with Crippen molar-refractivity contribution in [3.8, 4) is 0 Å². The SMILES string of the molecule is CC(C)(C)OC(=O)[C@@H](Cc1cccc(N2CC(C)(C)c3ccccc32)c1)[C@H]1CCN(C(=O)OC(C)(C)C)C1. The number of carbonyl (C=O) groups is 2. The van der Waals surface area contributed by atoms with Gasteiger partial charge in [0.1, 0.15) is 11.2 Å². The molecule has 2 atom stereocenters. The second-order valence-corrected chi connectivity index (χ2v) is 13.5. The first-order chi connectivity index (χ1) is 17.6. The standard InChI is InChI=1S/C32H44N2O4/c1-30(2,3)37-28(35)25(23-16-17-33(20-23)29(36)38-31(4,5)6)19-22-12-11-13-24(18-22)34-21-32(7,8)26-14-9-10-15-27(26)34/h9-15,18,23,25H,16-17,19-21H2,1-8H3/t23-,25-/m0/s1. The van der Waals surface area contributed by atoms with Crippen molar-refractivity contribution in [3.63, 3.8) is 0 Å². The van der Waals surface area contributed by atoms with Crippen LogP contribution in [0.4, 0.5) is 16.2 Å². The summed E-state index contributed by atoms with van der Waals surface area (Å²) in [4.78, 5) is 30.3. The smallest absolute Gasteiger partial charge is 0.410 e. The third kappa shape index (κ3) is 6.51. The summed E-state index contributed by atoms with van der Waals surface area (Å²) in [5, 5.41) is 0. The monoisotopic (exact) mass is 520 g/mol. The van der Waals surface area contributed by atoms with E-state index in [4.69, 9.17) is 9.47 Å². The summed E-state index contributed by atoms with van der Waals surface area (Å²) in [6.45, 7) is 17.8. The highest BCUT2D eigenvalue weighted by molar-refractivity contribution is 5.75. The summed E-state index contributed by atoms with van der Waals surface area (Å²) in [5.41, 5.74) is 3.74. The summed E-state index contributed by atoms with van der Waals surface area (Å²) in [5.74, 6) is -0.543. The normalized spacial score (nSPS) is 19.7. The number of benzene rings is 2. The van der Waals surface area contributed by atoms with E-state index < -0.39 is 11.2 Å². The predicted molar refractivity (Wildman–Crippen MR) is 152 cm³/mol. The van der Waals surface area contributed by atoms with Gasteiger partial charge in [-0.1, -0.05) is 44.2 Å². The molecule has 6 heteroatoms. The molecule has 2 aromatic carbocycles. The van der Waals surface area contributed by atoms with Crippen molar-refractivity contribution in [1.82, 2.24) is 4.90 Å². The maximum absolute atomic E-state index is 13.5. The van der Waals surface area contributed by atoms with E-state index in [1.807, 2.05) is 41.5 Å². The van der Waals surface area contributed by atoms with Crippen LogP contribution >= 0.6 is 0 Å². The highest BCUT2D eigenvalue weighted by Crippen LogP contribution is 2.44. The molecule has 2 aliphatic heterocycles. The molecule has 0 radical (unpaired) electrons. The number of ether oxygens (including phenoxy) is 2. The van der Waals surface area contributed by atoms with Gasteiger partial charge in [-0.15, -0.1) is 0 Å². The van der Waals surface area contributed by atoms with E-state index in [0.29, 0.717) is 19.5 Å². The van der Waals surface area contributed by atoms with Crippen molar-refractivity contribution in [2.45, 2.75) is 84.8 Å². The largest absolute Gasteiger partial charge is 0.460 e. The third-order valence-corrected chi connectivity index (χ3v) is 7.31. The molecular formula is C32H44N2O4. The van der Waals surface area contributed by atoms with Crippen LogP contribution in [-0.2, 0) is 26.1 Å². The average Bonchev–Trinajstić information content (AvgIpc) is 3.39. The number of hydrogen-bond acceptors (Lipinski definition) is 5. The van der Waals surface area contributed by atoms with E-state index in [2.05, 4.69) is 67.3 Å². The molecule has 0 aliphatic carbocycles. The summed E-state index contributed by atoms with van der Waals surface area (Å²) in [6, 6.07) is 17.1. The number of carbonyl (C=O) groups excluding carboxylic acids is 2. The average molecular weight is 521 g/mol. The van der Waals surface area contributed by atoms with E-state index in [9.17, 15) is 9.59 Å². The summed E-state index contributed by atoms with van der Waals surface area (Å²) < 4.78 is 11.5. The molecule has 2 heterocycles. The molecule has 2 aromatic rings. The first-order valence-electron chi connectivity index (χ1n) is 13.8. The fourth-order valence-electron chi connectivity index (χ4n) is 5.61. The Morgan fingerprint density at radius 2 is 1.66 bits per heavy atom. The van der Waals surface area contributed by atoms with Crippen LogP contribution in [0, 0.1) is 11.8 Å². The molecule has 6 nitrogen and oxygen atoms in total. The third-order valence-electron chi connectivity index (χ3n) is 7.31. The van der Waals surface area contributed by atoms with E-state index in [-0.39, 0.29) is 29.3 Å². The molecule has 0 unspecified atom stereocenters. The minimum Gasteiger partial charge on any atom is -0.460 e. The molecule has 4 rings (SSSR count). The quantitative estimate of drug-likeness (QED) is 0.403. The number of esters is 1. The lowest BCUT2D eigenvalue weighted by Crippen LogP contribution is -2.38. The minimum absolute atomic E-state index is 0.00692. The Hall–Kier alpha value is -3.02. The zero-order valence-electron chi connectivity index (χ0n) is 24.3. The molecule has 0 saturated carbocycles. The molecule has 1 fully saturated rings. The van der Waals surface area contributed by atoms with Gasteiger partial charge in [0.2, 0.25) is 0 Å². The maximum atomic E-state index is 13.5. The Morgan fingerprint density at radius 3 is 2.34 bits per heavy atom. The molecule has 38 heavy (non-hydrogen) atoms. The van der Waals surface area contributed by atoms with Gasteiger partial charge in [0.15, 0.2) is 0 Å². The minimum atomic E-state index is -0.578. The first kappa shape index (κ1) is 28.0. The number of nitrogens with zero attached hydrogens (tertiary/aromatic N) is 2. The van der Waals surface area contributed by atoms with Gasteiger partial charge < -0.3 is 19.3 Å². The van der Waals surface area contributed by atoms with E-state index >= 15 is 0 Å². The van der Waals surface area contributed by atoms with Gasteiger partial charge in [-0.2, -0.15) is 0 Å². The van der Waals surface area contributed by atoms with E-state index in [1.54, 1.807) is 4.90 Å². The second-order valence-electron chi connectivity index (χ2n) is 13.5. The zero-order chi connectivity index (χ0) is 27.9. The summed E-state index contributed by atoms with van der Waals surface area (Å²) in [6.07, 6.45) is 0.991. The van der Waals surface area contributed by atoms with Crippen LogP contribution < -0.4 is 4.90 Å². The van der Waals surface area contributed by atoms with Gasteiger partial charge in [-0.3, -0.25) is 4.79 Å². The van der Waals surface area contributed by atoms with Gasteiger partial charge >= 0.3 is 12.1 Å². The van der Waals surface area contributed by atoms with Crippen LogP contribution in [0.1, 0.15) is 72.9 Å². The highest BCUT2D eigenvalue weighted by atomic mass is 16.6. The lowest BCUT2D eigenvalue weighted by molar-refractivity contribution is -0.161. The Balaban J connectivity index is 1.56. The van der Waals surface area contributed by atoms with Crippen molar-refractivity contribution < 1.29 is 19.1 Å². The number of hydrogen-bond donors (Lipinski definition) is 0. The molecule has 0 bridgehead atoms. The molecule has 0 aromatic heterocycles. The van der Waals surface area contributed by atoms with Crippen LogP contribution in [0.25, 0.3) is 0 Å². The van der Waals surface area contributed by atoms with Crippen molar-refractivity contribution in [2.75, 3.05) is 24.5 Å². The topological polar surface area (TPSA) is 59.1 Å². The number of likely N-dealkylation sites (tertiary alicyclic amines) is 1. The first-order valence-corrected chi connectivity index (χ1v) is 13.8. The summed E-state index contributed by atoms with van der Waals surface area (Å²) in [7, 11) is 0. The Bertz CT molecular complexity index is 1170. The molecule has 0 spiro atoms. The lowest BCUT2D eigenvalue weighted by Gasteiger charge is -2.28. The van der Waals surface area contributed by atoms with Crippen molar-refractivity contribution >= 4 is 23.4 Å². The zero-order valence-corrected chi connectivity index (χ0v) is 24.3. The van der Waals surface area contributed by atoms with Gasteiger partial charge in [-0.25, -0.2) is 4.79 Å². The van der Waals surface area contributed by atoms with E-state index in [1.165, 1.54) is 11.3 Å². The van der Waals surface area contributed by atoms with Crippen LogP contribution in [0.5, 0.6) is 0 Å². The number of rotatable bonds is 5. The predicted octanol–water partition coefficient (Wildman–Crippen LogP) is 6.87. The van der Waals surface area contributed by atoms with Gasteiger partial charge in [-0.05, 0) is 89.6 Å². The highest BCUT2D eigenvalue weighted by Gasteiger charge is 2.39. The van der Waals surface area contributed by atoms with Crippen LogP contribution in [0.15, 0.2) is 48.5 Å². The Labute approximate surface area is 228 Å². The fourth-order valence-corrected chi connectivity index (χ4v) is 5.61. The molecular weight excluding hydrogens is 476 g/mol. The Morgan fingerprint density at radius 1 is 0.974 bits per heavy atom. The molecule has 2 aliphatic rings. The second kappa shape index (κ2) is 10.3. The van der Waals surface area contributed by atoms with Crippen molar-refractivity contribution in [2.24, 2.45) is 11.8 Å². The van der Waals surface area contributed by atoms with Gasteiger partial charge in [0, 0.05) is 36.4 Å². The fraction of sp³-hybridized carbons (Fsp3) is 0.562. The van der Waals surface area contributed by atoms with E-state index in [0.717, 1.165) is 24.2 Å². The number of fused-ring (bicyclic) bond motifs is 1. The number of anilines is 2. The molecule has 1 amide bonds. The summed E-state index contributed by atoms with van der Waals surface area (Å²) >= 11 is 0. The molecule has 0 N–H and O–H groups in total. The van der Waals surface area contributed by atoms with Crippen molar-refractivity contribution in [1.29, 1.82) is 0 Å². The molecule has 1 saturated heterocycles. The lowest BCUT2D eigenvalue weighted by atomic mass is 9.85. The number of amides is 1. The maximum Gasteiger partial charge on any atom is 0.410 e. The Kier molecular flexibility index (Phi) is 7.57. The van der Waals surface area contributed by atoms with Crippen LogP contribution in [0.3, 0.4) is 0 Å². The van der Waals surface area contributed by atoms with Gasteiger partial charge in [0.05, 0.1) is 5.92 Å². The van der Waals surface area contributed by atoms with Crippen LogP contribution in [0.2, 0.25) is 0 Å². The van der Waals surface area contributed by atoms with Crippen LogP contribution in [-0.4, -0.2) is 47.8 Å².